The summed E-state index contributed by atoms with van der Waals surface area (Å²) in [5, 5.41) is 0. The van der Waals surface area contributed by atoms with Gasteiger partial charge in [-0.2, -0.15) is 0 Å². The minimum absolute atomic E-state index is 0.342. The molecule has 0 saturated carbocycles. The van der Waals surface area contributed by atoms with Crippen LogP contribution in [0.3, 0.4) is 0 Å². The molecule has 0 aromatic heterocycles. The van der Waals surface area contributed by atoms with Crippen LogP contribution in [0.4, 0.5) is 0 Å². The lowest BCUT2D eigenvalue weighted by Crippen LogP contribution is -2.59. The van der Waals surface area contributed by atoms with Gasteiger partial charge in [-0.15, -0.1) is 0 Å². The summed E-state index contributed by atoms with van der Waals surface area (Å²) in [6.07, 6.45) is 7.58. The van der Waals surface area contributed by atoms with Gasteiger partial charge in [0.15, 0.2) is 11.5 Å². The zero-order chi connectivity index (χ0) is 31.4. The number of rotatable bonds is 26. The molecule has 0 fully saturated rings. The van der Waals surface area contributed by atoms with Crippen molar-refractivity contribution in [1.82, 2.24) is 0 Å². The van der Waals surface area contributed by atoms with Crippen LogP contribution in [0.2, 0.25) is 0 Å². The minimum atomic E-state index is -1.53. The van der Waals surface area contributed by atoms with Gasteiger partial charge in [0.25, 0.3) is 5.79 Å². The van der Waals surface area contributed by atoms with E-state index >= 15 is 0 Å². The van der Waals surface area contributed by atoms with Gasteiger partial charge in [-0.3, -0.25) is 0 Å². The Morgan fingerprint density at radius 1 is 0.429 bits per heavy atom. The van der Waals surface area contributed by atoms with E-state index in [1.807, 2.05) is 55.4 Å². The van der Waals surface area contributed by atoms with E-state index in [1.54, 1.807) is 0 Å². The predicted octanol–water partition coefficient (Wildman–Crippen LogP) is 8.59. The number of hydrogen-bond acceptors (Lipinski definition) is 8. The highest BCUT2D eigenvalue weighted by molar-refractivity contribution is 5.68. The largest absolute Gasteiger partial charge is 0.493 e. The van der Waals surface area contributed by atoms with Gasteiger partial charge in [-0.1, -0.05) is 46.0 Å². The molecular weight excluding hydrogens is 536 g/mol. The third-order valence-corrected chi connectivity index (χ3v) is 6.96. The Kier molecular flexibility index (Phi) is 19.2. The van der Waals surface area contributed by atoms with Crippen LogP contribution in [0, 0.1) is 0 Å². The van der Waals surface area contributed by atoms with Crippen molar-refractivity contribution >= 4 is 0 Å². The van der Waals surface area contributed by atoms with E-state index < -0.39 is 11.6 Å². The highest BCUT2D eigenvalue weighted by atomic mass is 16.8. The molecule has 1 rings (SSSR count). The fourth-order valence-corrected chi connectivity index (χ4v) is 5.62. The quantitative estimate of drug-likeness (QED) is 0.0775. The molecule has 8 heteroatoms. The topological polar surface area (TPSA) is 73.8 Å². The number of hydrogen-bond donors (Lipinski definition) is 0. The lowest BCUT2D eigenvalue weighted by Gasteiger charge is -2.49. The molecule has 0 spiro atoms. The fraction of sp³-hybridized carbons (Fsp3) is 0.824. The summed E-state index contributed by atoms with van der Waals surface area (Å²) >= 11 is 0. The monoisotopic (exact) mass is 598 g/mol. The Hall–Kier alpha value is -1.74. The molecule has 0 unspecified atom stereocenters. The van der Waals surface area contributed by atoms with E-state index in [9.17, 15) is 0 Å². The van der Waals surface area contributed by atoms with Crippen LogP contribution in [-0.2, 0) is 31.2 Å². The molecule has 0 heterocycles. The van der Waals surface area contributed by atoms with Crippen molar-refractivity contribution < 1.29 is 37.9 Å². The number of ether oxygens (including phenoxy) is 8. The molecule has 42 heavy (non-hydrogen) atoms. The molecule has 0 N–H and O–H groups in total. The van der Waals surface area contributed by atoms with Gasteiger partial charge in [0, 0.05) is 38.4 Å². The number of benzene rings is 1. The summed E-state index contributed by atoms with van der Waals surface area (Å²) in [7, 11) is 0. The van der Waals surface area contributed by atoms with E-state index in [0.717, 1.165) is 31.2 Å². The van der Waals surface area contributed by atoms with Crippen LogP contribution in [-0.4, -0.2) is 58.6 Å². The molecular formula is C34H62O8. The van der Waals surface area contributed by atoms with Crippen LogP contribution >= 0.6 is 0 Å². The molecule has 0 aliphatic rings. The standard InChI is InChI=1S/C34H62O8/c1-11-21-22-23-24-26-33(39-17-7,40-18-8)34(41-19-9,42-20-10)28-29(35-13-3)27(25-12-2)30(36-14-4)32(38-16-6)31(28)37-15-5/h11-26H2,1-10H3. The summed E-state index contributed by atoms with van der Waals surface area (Å²) in [4.78, 5) is 0. The summed E-state index contributed by atoms with van der Waals surface area (Å²) < 4.78 is 52.7. The van der Waals surface area contributed by atoms with Crippen molar-refractivity contribution in [3.05, 3.63) is 11.1 Å². The van der Waals surface area contributed by atoms with Crippen LogP contribution in [0.1, 0.15) is 125 Å². The maximum Gasteiger partial charge on any atom is 0.258 e. The second-order valence-electron chi connectivity index (χ2n) is 9.92. The summed E-state index contributed by atoms with van der Waals surface area (Å²) in [5.41, 5.74) is 1.50. The van der Waals surface area contributed by atoms with Gasteiger partial charge in [-0.25, -0.2) is 0 Å². The highest BCUT2D eigenvalue weighted by Crippen LogP contribution is 2.58. The van der Waals surface area contributed by atoms with E-state index in [1.165, 1.54) is 12.8 Å². The van der Waals surface area contributed by atoms with Crippen LogP contribution in [0.5, 0.6) is 23.0 Å². The lowest BCUT2D eigenvalue weighted by atomic mass is 9.86. The third kappa shape index (κ3) is 9.13. The van der Waals surface area contributed by atoms with Crippen molar-refractivity contribution in [1.29, 1.82) is 0 Å². The zero-order valence-electron chi connectivity index (χ0n) is 28.6. The van der Waals surface area contributed by atoms with Gasteiger partial charge in [0.05, 0.1) is 26.4 Å². The van der Waals surface area contributed by atoms with Crippen molar-refractivity contribution in [2.45, 2.75) is 132 Å². The lowest BCUT2D eigenvalue weighted by molar-refractivity contribution is -0.420. The van der Waals surface area contributed by atoms with Gasteiger partial charge in [0.1, 0.15) is 11.3 Å². The van der Waals surface area contributed by atoms with Crippen LogP contribution < -0.4 is 18.9 Å². The number of unbranched alkanes of at least 4 members (excludes halogenated alkanes) is 4. The molecule has 1 aromatic rings. The third-order valence-electron chi connectivity index (χ3n) is 6.96. The van der Waals surface area contributed by atoms with Gasteiger partial charge in [0.2, 0.25) is 11.5 Å². The zero-order valence-corrected chi connectivity index (χ0v) is 28.6. The molecule has 0 aliphatic heterocycles. The molecule has 1 aromatic carbocycles. The van der Waals surface area contributed by atoms with Crippen LogP contribution in [0.15, 0.2) is 0 Å². The van der Waals surface area contributed by atoms with Crippen molar-refractivity contribution in [3.8, 4) is 23.0 Å². The van der Waals surface area contributed by atoms with E-state index in [2.05, 4.69) is 13.8 Å². The van der Waals surface area contributed by atoms with Gasteiger partial charge < -0.3 is 37.9 Å². The average molecular weight is 599 g/mol. The first-order valence-corrected chi connectivity index (χ1v) is 16.7. The minimum Gasteiger partial charge on any atom is -0.493 e. The smallest absolute Gasteiger partial charge is 0.258 e. The second kappa shape index (κ2) is 21.0. The van der Waals surface area contributed by atoms with E-state index in [4.69, 9.17) is 37.9 Å². The average Bonchev–Trinajstić information content (AvgIpc) is 2.97. The SMILES string of the molecule is CCCCCCCC(OCC)(OCC)C(OCC)(OCC)c1c(OCC)c(CCC)c(OCC)c(OCC)c1OCC. The first-order chi connectivity index (χ1) is 20.4. The Morgan fingerprint density at radius 3 is 1.38 bits per heavy atom. The van der Waals surface area contributed by atoms with Crippen LogP contribution in [0.25, 0.3) is 0 Å². The normalized spacial score (nSPS) is 12.0. The molecule has 8 nitrogen and oxygen atoms in total. The van der Waals surface area contributed by atoms with Crippen molar-refractivity contribution in [2.24, 2.45) is 0 Å². The maximum absolute atomic E-state index is 6.82. The Balaban J connectivity index is 4.44. The maximum atomic E-state index is 6.82. The van der Waals surface area contributed by atoms with Gasteiger partial charge in [-0.05, 0) is 68.2 Å². The predicted molar refractivity (Wildman–Crippen MR) is 169 cm³/mol. The van der Waals surface area contributed by atoms with Gasteiger partial charge >= 0.3 is 0 Å². The Bertz CT molecular complexity index is 807. The molecule has 246 valence electrons. The molecule has 0 bridgehead atoms. The molecule has 0 atom stereocenters. The molecule has 0 aliphatic carbocycles. The van der Waals surface area contributed by atoms with Crippen molar-refractivity contribution in [3.63, 3.8) is 0 Å². The first kappa shape index (κ1) is 38.3. The fourth-order valence-electron chi connectivity index (χ4n) is 5.62. The summed E-state index contributed by atoms with van der Waals surface area (Å²) in [5.74, 6) is -0.559. The summed E-state index contributed by atoms with van der Waals surface area (Å²) in [6.45, 7) is 23.3. The van der Waals surface area contributed by atoms with E-state index in [0.29, 0.717) is 94.3 Å². The molecule has 0 amide bonds. The van der Waals surface area contributed by atoms with Crippen molar-refractivity contribution in [2.75, 3.05) is 52.9 Å². The van der Waals surface area contributed by atoms with E-state index in [-0.39, 0.29) is 0 Å². The summed E-state index contributed by atoms with van der Waals surface area (Å²) in [6, 6.07) is 0. The highest BCUT2D eigenvalue weighted by Gasteiger charge is 2.61. The Labute approximate surface area is 257 Å². The first-order valence-electron chi connectivity index (χ1n) is 16.7. The second-order valence-corrected chi connectivity index (χ2v) is 9.92. The molecule has 0 radical (unpaired) electrons. The molecule has 0 saturated heterocycles. The Morgan fingerprint density at radius 2 is 0.905 bits per heavy atom.